The van der Waals surface area contributed by atoms with Gasteiger partial charge in [-0.15, -0.1) is 0 Å². The second-order valence-electron chi connectivity index (χ2n) is 2.55. The van der Waals surface area contributed by atoms with E-state index >= 15 is 0 Å². The van der Waals surface area contributed by atoms with Gasteiger partial charge in [0.15, 0.2) is 0 Å². The fourth-order valence-corrected chi connectivity index (χ4v) is 0.969. The molecule has 1 N–H and O–H groups in total. The zero-order valence-electron chi connectivity index (χ0n) is 7.23. The smallest absolute Gasteiger partial charge is 0.333 e. The van der Waals surface area contributed by atoms with E-state index in [1.165, 1.54) is 6.92 Å². The van der Waals surface area contributed by atoms with Gasteiger partial charge in [0.05, 0.1) is 6.16 Å². The summed E-state index contributed by atoms with van der Waals surface area (Å²) < 4.78 is 24.7. The number of aliphatic hydroxyl groups excluding tert-OH is 1. The van der Waals surface area contributed by atoms with Crippen LogP contribution in [0.4, 0.5) is 0 Å². The van der Waals surface area contributed by atoms with Gasteiger partial charge < -0.3 is 9.84 Å². The Hall–Kier alpha value is -0.930. The van der Waals surface area contributed by atoms with Crippen LogP contribution in [0, 0.1) is 0 Å². The predicted octanol–water partition coefficient (Wildman–Crippen LogP) is 0.639. The van der Waals surface area contributed by atoms with E-state index in [0.717, 1.165) is 0 Å². The zero-order chi connectivity index (χ0) is 10.4. The maximum atomic E-state index is 10.7. The van der Waals surface area contributed by atoms with E-state index in [0.29, 0.717) is 0 Å². The van der Waals surface area contributed by atoms with Crippen LogP contribution in [0.1, 0.15) is 6.92 Å². The predicted molar refractivity (Wildman–Crippen MR) is 44.9 cm³/mol. The number of hydrogen-bond acceptors (Lipinski definition) is 5. The van der Waals surface area contributed by atoms with Gasteiger partial charge in [-0.1, -0.05) is 6.58 Å². The third kappa shape index (κ3) is 6.25. The van der Waals surface area contributed by atoms with Gasteiger partial charge in [0, 0.05) is 5.57 Å². The van der Waals surface area contributed by atoms with E-state index in [1.807, 2.05) is 0 Å². The quantitative estimate of drug-likeness (QED) is 0.405. The maximum Gasteiger partial charge on any atom is 0.333 e. The summed E-state index contributed by atoms with van der Waals surface area (Å²) in [5, 5.41) is 8.96. The summed E-state index contributed by atoms with van der Waals surface area (Å²) in [5.74, 6) is -0.639. The summed E-state index contributed by atoms with van der Waals surface area (Å²) in [5.41, 5.74) is 0.207. The van der Waals surface area contributed by atoms with Gasteiger partial charge in [0.1, 0.15) is 12.7 Å². The number of rotatable bonds is 5. The van der Waals surface area contributed by atoms with Crippen LogP contribution >= 0.6 is 7.68 Å². The summed E-state index contributed by atoms with van der Waals surface area (Å²) in [6.45, 7) is 4.46. The van der Waals surface area contributed by atoms with E-state index in [1.54, 1.807) is 0 Å². The van der Waals surface area contributed by atoms with Crippen molar-refractivity contribution in [1.29, 1.82) is 0 Å². The summed E-state index contributed by atoms with van der Waals surface area (Å²) in [7, 11) is -2.65. The van der Waals surface area contributed by atoms with Crippen LogP contribution < -0.4 is 0 Å². The molecule has 0 aliphatic carbocycles. The molecule has 1 atom stereocenters. The number of hydrogen-bond donors (Lipinski definition) is 1. The van der Waals surface area contributed by atoms with Crippen LogP contribution in [0.2, 0.25) is 0 Å². The highest BCUT2D eigenvalue weighted by Gasteiger charge is 2.11. The molecule has 1 unspecified atom stereocenters. The molecule has 0 aromatic heterocycles. The summed E-state index contributed by atoms with van der Waals surface area (Å²) in [6.07, 6.45) is -1.57. The van der Waals surface area contributed by atoms with Crippen molar-refractivity contribution in [2.45, 2.75) is 13.0 Å². The van der Waals surface area contributed by atoms with Crippen LogP contribution in [-0.4, -0.2) is 29.9 Å². The highest BCUT2D eigenvalue weighted by molar-refractivity contribution is 7.30. The topological polar surface area (TPSA) is 80.7 Å². The van der Waals surface area contributed by atoms with Gasteiger partial charge in [-0.25, -0.2) is 13.9 Å². The molecule has 6 heteroatoms. The van der Waals surface area contributed by atoms with Crippen LogP contribution in [0.15, 0.2) is 12.2 Å². The third-order valence-corrected chi connectivity index (χ3v) is 1.83. The van der Waals surface area contributed by atoms with Gasteiger partial charge in [-0.05, 0) is 6.92 Å². The van der Waals surface area contributed by atoms with Crippen LogP contribution in [0.25, 0.3) is 0 Å². The molecule has 0 aromatic rings. The van der Waals surface area contributed by atoms with Crippen molar-refractivity contribution < 1.29 is 23.8 Å². The van der Waals surface area contributed by atoms with Crippen molar-refractivity contribution in [1.82, 2.24) is 0 Å². The van der Waals surface area contributed by atoms with Crippen molar-refractivity contribution in [3.63, 3.8) is 0 Å². The van der Waals surface area contributed by atoms with Crippen LogP contribution in [0.3, 0.4) is 0 Å². The molecule has 5 nitrogen and oxygen atoms in total. The Morgan fingerprint density at radius 3 is 2.54 bits per heavy atom. The normalized spacial score (nSPS) is 11.8. The van der Waals surface area contributed by atoms with Gasteiger partial charge >= 0.3 is 13.6 Å². The SMILES string of the molecule is C=C(C)C(=O)OCC(O)CP(=O)=O. The summed E-state index contributed by atoms with van der Waals surface area (Å²) in [4.78, 5) is 10.7. The molecular formula is C7H11O5P. The Bertz CT molecular complexity index is 260. The highest BCUT2D eigenvalue weighted by Crippen LogP contribution is 2.05. The lowest BCUT2D eigenvalue weighted by Crippen LogP contribution is -2.20. The first-order valence-corrected chi connectivity index (χ1v) is 4.92. The maximum absolute atomic E-state index is 10.7. The van der Waals surface area contributed by atoms with E-state index < -0.39 is 25.9 Å². The zero-order valence-corrected chi connectivity index (χ0v) is 8.12. The second kappa shape index (κ2) is 5.67. The van der Waals surface area contributed by atoms with Crippen molar-refractivity contribution in [2.24, 2.45) is 0 Å². The van der Waals surface area contributed by atoms with E-state index in [2.05, 4.69) is 11.3 Å². The number of ether oxygens (including phenoxy) is 1. The first-order valence-electron chi connectivity index (χ1n) is 3.56. The minimum Gasteiger partial charge on any atom is -0.460 e. The molecule has 0 amide bonds. The fourth-order valence-electron chi connectivity index (χ4n) is 0.520. The molecule has 0 radical (unpaired) electrons. The molecule has 0 spiro atoms. The molecule has 74 valence electrons. The molecule has 13 heavy (non-hydrogen) atoms. The summed E-state index contributed by atoms with van der Waals surface area (Å²) >= 11 is 0. The Morgan fingerprint density at radius 1 is 1.62 bits per heavy atom. The van der Waals surface area contributed by atoms with Gasteiger partial charge in [0.25, 0.3) is 0 Å². The number of carbonyl (C=O) groups excluding carboxylic acids is 1. The molecule has 0 saturated carbocycles. The van der Waals surface area contributed by atoms with Crippen LogP contribution in [0.5, 0.6) is 0 Å². The first-order chi connectivity index (χ1) is 5.93. The first kappa shape index (κ1) is 12.1. The Kier molecular flexibility index (Phi) is 5.26. The second-order valence-corrected chi connectivity index (χ2v) is 3.58. The van der Waals surface area contributed by atoms with E-state index in [4.69, 9.17) is 5.11 Å². The van der Waals surface area contributed by atoms with Crippen LogP contribution in [-0.2, 0) is 18.7 Å². The van der Waals surface area contributed by atoms with Gasteiger partial charge in [-0.3, -0.25) is 0 Å². The van der Waals surface area contributed by atoms with Gasteiger partial charge in [0.2, 0.25) is 0 Å². The standard InChI is InChI=1S/C7H11O5P/c1-5(2)7(9)12-3-6(8)4-13(10)11/h6,8H,1,3-4H2,2H3. The third-order valence-electron chi connectivity index (χ3n) is 1.12. The van der Waals surface area contributed by atoms with Gasteiger partial charge in [-0.2, -0.15) is 0 Å². The molecule has 0 rings (SSSR count). The molecule has 0 fully saturated rings. The molecule has 0 aromatic carbocycles. The van der Waals surface area contributed by atoms with Crippen molar-refractivity contribution in [2.75, 3.05) is 12.8 Å². The molecule has 0 aliphatic heterocycles. The Labute approximate surface area is 76.2 Å². The molecular weight excluding hydrogens is 195 g/mol. The lowest BCUT2D eigenvalue weighted by molar-refractivity contribution is -0.141. The fraction of sp³-hybridized carbons (Fsp3) is 0.571. The average Bonchev–Trinajstić information content (AvgIpc) is 1.98. The number of carbonyl (C=O) groups is 1. The number of esters is 1. The average molecular weight is 206 g/mol. The lowest BCUT2D eigenvalue weighted by Gasteiger charge is -2.07. The number of aliphatic hydroxyl groups is 1. The Balaban J connectivity index is 3.76. The van der Waals surface area contributed by atoms with E-state index in [-0.39, 0.29) is 12.2 Å². The largest absolute Gasteiger partial charge is 0.460 e. The van der Waals surface area contributed by atoms with Crippen molar-refractivity contribution in [3.05, 3.63) is 12.2 Å². The monoisotopic (exact) mass is 206 g/mol. The highest BCUT2D eigenvalue weighted by atomic mass is 31.1. The minimum atomic E-state index is -2.65. The Morgan fingerprint density at radius 2 is 2.15 bits per heavy atom. The van der Waals surface area contributed by atoms with Crippen molar-refractivity contribution >= 4 is 13.6 Å². The van der Waals surface area contributed by atoms with E-state index in [9.17, 15) is 13.9 Å². The molecule has 0 bridgehead atoms. The summed E-state index contributed by atoms with van der Waals surface area (Å²) in [6, 6.07) is 0. The molecule has 0 heterocycles. The molecule has 0 saturated heterocycles. The van der Waals surface area contributed by atoms with Crippen molar-refractivity contribution in [3.8, 4) is 0 Å². The molecule has 0 aliphatic rings. The minimum absolute atomic E-state index is 0.207. The lowest BCUT2D eigenvalue weighted by atomic mass is 10.3.